The van der Waals surface area contributed by atoms with E-state index in [0.29, 0.717) is 23.1 Å². The molecule has 0 bridgehead atoms. The molecule has 0 N–H and O–H groups in total. The number of hydrogen-bond donors (Lipinski definition) is 0. The van der Waals surface area contributed by atoms with E-state index < -0.39 is 5.82 Å². The van der Waals surface area contributed by atoms with Gasteiger partial charge in [-0.3, -0.25) is 14.2 Å². The van der Waals surface area contributed by atoms with Crippen LogP contribution in [0.1, 0.15) is 5.56 Å². The summed E-state index contributed by atoms with van der Waals surface area (Å²) in [7, 11) is 0. The second-order valence-electron chi connectivity index (χ2n) is 6.71. The Morgan fingerprint density at radius 2 is 1.85 bits per heavy atom. The molecule has 0 saturated heterocycles. The number of fused-ring (bicyclic) bond motifs is 4. The Morgan fingerprint density at radius 3 is 2.74 bits per heavy atom. The predicted molar refractivity (Wildman–Crippen MR) is 102 cm³/mol. The highest BCUT2D eigenvalue weighted by molar-refractivity contribution is 5.96. The zero-order valence-electron chi connectivity index (χ0n) is 14.4. The molecule has 1 amide bonds. The summed E-state index contributed by atoms with van der Waals surface area (Å²) in [5.74, 6) is -0.621. The molecule has 3 heterocycles. The lowest BCUT2D eigenvalue weighted by Gasteiger charge is -2.19. The maximum atomic E-state index is 13.9. The Labute approximate surface area is 153 Å². The number of benzene rings is 2. The van der Waals surface area contributed by atoms with Crippen LogP contribution in [0, 0.1) is 5.82 Å². The number of halogens is 1. The number of amides is 1. The molecule has 2 aromatic carbocycles. The summed E-state index contributed by atoms with van der Waals surface area (Å²) < 4.78 is 17.0. The minimum Gasteiger partial charge on any atom is -0.310 e. The molecule has 0 saturated carbocycles. The van der Waals surface area contributed by atoms with Crippen LogP contribution in [0.5, 0.6) is 0 Å². The molecule has 1 aliphatic rings. The molecule has 5 rings (SSSR count). The van der Waals surface area contributed by atoms with Crippen molar-refractivity contribution in [2.24, 2.45) is 0 Å². The number of anilines is 1. The van der Waals surface area contributed by atoms with Crippen LogP contribution in [0.2, 0.25) is 0 Å². The highest BCUT2D eigenvalue weighted by atomic mass is 19.1. The summed E-state index contributed by atoms with van der Waals surface area (Å²) in [6.07, 6.45) is 2.56. The Hall–Kier alpha value is -3.41. The molecule has 134 valence electrons. The van der Waals surface area contributed by atoms with E-state index in [1.807, 2.05) is 24.3 Å². The minimum atomic E-state index is -0.443. The quantitative estimate of drug-likeness (QED) is 0.551. The number of rotatable bonds is 2. The van der Waals surface area contributed by atoms with Gasteiger partial charge in [-0.05, 0) is 48.4 Å². The highest BCUT2D eigenvalue weighted by Gasteiger charge is 2.25. The van der Waals surface area contributed by atoms with E-state index in [4.69, 9.17) is 0 Å². The van der Waals surface area contributed by atoms with E-state index in [0.717, 1.165) is 17.7 Å². The third-order valence-corrected chi connectivity index (χ3v) is 5.18. The van der Waals surface area contributed by atoms with Crippen LogP contribution in [-0.4, -0.2) is 21.4 Å². The van der Waals surface area contributed by atoms with Crippen molar-refractivity contribution in [3.63, 3.8) is 0 Å². The Bertz CT molecular complexity index is 1270. The summed E-state index contributed by atoms with van der Waals surface area (Å²) in [6, 6.07) is 15.5. The maximum Gasteiger partial charge on any atom is 0.275 e. The van der Waals surface area contributed by atoms with Crippen LogP contribution in [0.15, 0.2) is 65.6 Å². The summed E-state index contributed by atoms with van der Waals surface area (Å²) in [4.78, 5) is 27.7. The van der Waals surface area contributed by atoms with Crippen LogP contribution < -0.4 is 10.5 Å². The zero-order valence-corrected chi connectivity index (χ0v) is 14.4. The van der Waals surface area contributed by atoms with Gasteiger partial charge in [0.1, 0.15) is 17.9 Å². The van der Waals surface area contributed by atoms with Gasteiger partial charge in [0.15, 0.2) is 0 Å². The van der Waals surface area contributed by atoms with Gasteiger partial charge in [0.2, 0.25) is 5.91 Å². The number of carbonyl (C=O) groups excluding carboxylic acids is 1. The van der Waals surface area contributed by atoms with Crippen LogP contribution in [0.25, 0.3) is 16.6 Å². The molecule has 27 heavy (non-hydrogen) atoms. The summed E-state index contributed by atoms with van der Waals surface area (Å²) >= 11 is 0. The predicted octanol–water partition coefficient (Wildman–Crippen LogP) is 2.98. The van der Waals surface area contributed by atoms with E-state index in [-0.39, 0.29) is 18.0 Å². The monoisotopic (exact) mass is 361 g/mol. The van der Waals surface area contributed by atoms with E-state index in [2.05, 4.69) is 0 Å². The normalized spacial score (nSPS) is 13.4. The zero-order chi connectivity index (χ0) is 18.5. The van der Waals surface area contributed by atoms with Crippen LogP contribution in [-0.2, 0) is 17.8 Å². The Balaban J connectivity index is 1.64. The van der Waals surface area contributed by atoms with Crippen molar-refractivity contribution < 1.29 is 9.18 Å². The lowest BCUT2D eigenvalue weighted by molar-refractivity contribution is -0.119. The first kappa shape index (κ1) is 15.8. The van der Waals surface area contributed by atoms with Gasteiger partial charge in [-0.2, -0.15) is 0 Å². The molecule has 6 heteroatoms. The summed E-state index contributed by atoms with van der Waals surface area (Å²) in [5, 5.41) is 0. The van der Waals surface area contributed by atoms with Crippen LogP contribution in [0.3, 0.4) is 0 Å². The fourth-order valence-electron chi connectivity index (χ4n) is 3.90. The molecule has 2 aromatic heterocycles. The van der Waals surface area contributed by atoms with Gasteiger partial charge in [-0.25, -0.2) is 4.39 Å². The average molecular weight is 361 g/mol. The molecule has 0 unspecified atom stereocenters. The lowest BCUT2D eigenvalue weighted by Crippen LogP contribution is -2.36. The highest BCUT2D eigenvalue weighted by Crippen LogP contribution is 2.28. The summed E-state index contributed by atoms with van der Waals surface area (Å²) in [6.45, 7) is 0.460. The molecule has 0 spiro atoms. The number of hydrogen-bond acceptors (Lipinski definition) is 2. The number of aromatic nitrogens is 2. The molecular weight excluding hydrogens is 345 g/mol. The fourth-order valence-corrected chi connectivity index (χ4v) is 3.90. The van der Waals surface area contributed by atoms with Gasteiger partial charge >= 0.3 is 0 Å². The average Bonchev–Trinajstić information content (AvgIpc) is 3.32. The third-order valence-electron chi connectivity index (χ3n) is 5.18. The second-order valence-corrected chi connectivity index (χ2v) is 6.71. The fraction of sp³-hybridized carbons (Fsp3) is 0.143. The standard InChI is InChI=1S/C21H16FN3O2/c22-15-7-8-17-19(12-15)25(21(27)18-6-3-10-23(17)18)13-20(26)24-11-9-14-4-1-2-5-16(14)24/h1-8,10,12H,9,11,13H2. The van der Waals surface area contributed by atoms with E-state index >= 15 is 0 Å². The van der Waals surface area contributed by atoms with Crippen LogP contribution in [0.4, 0.5) is 10.1 Å². The molecule has 0 atom stereocenters. The van der Waals surface area contributed by atoms with Crippen molar-refractivity contribution in [1.29, 1.82) is 0 Å². The minimum absolute atomic E-state index is 0.130. The smallest absolute Gasteiger partial charge is 0.275 e. The largest absolute Gasteiger partial charge is 0.310 e. The lowest BCUT2D eigenvalue weighted by atomic mass is 10.2. The van der Waals surface area contributed by atoms with Crippen molar-refractivity contribution in [2.75, 3.05) is 11.4 Å². The first-order chi connectivity index (χ1) is 13.1. The SMILES string of the molecule is O=C(Cn1c(=O)c2cccn2c2ccc(F)cc21)N1CCc2ccccc21. The van der Waals surface area contributed by atoms with Gasteiger partial charge in [-0.1, -0.05) is 18.2 Å². The van der Waals surface area contributed by atoms with Crippen molar-refractivity contribution in [3.05, 3.63) is 82.5 Å². The topological polar surface area (TPSA) is 46.7 Å². The number of para-hydroxylation sites is 1. The molecule has 0 fully saturated rings. The van der Waals surface area contributed by atoms with Gasteiger partial charge in [0, 0.05) is 18.4 Å². The van der Waals surface area contributed by atoms with Crippen molar-refractivity contribution in [3.8, 4) is 0 Å². The summed E-state index contributed by atoms with van der Waals surface area (Å²) in [5.41, 5.74) is 3.25. The van der Waals surface area contributed by atoms with Crippen LogP contribution >= 0.6 is 0 Å². The van der Waals surface area contributed by atoms with E-state index in [9.17, 15) is 14.0 Å². The van der Waals surface area contributed by atoms with Crippen molar-refractivity contribution >= 4 is 28.1 Å². The van der Waals surface area contributed by atoms with E-state index in [1.165, 1.54) is 16.7 Å². The molecule has 0 aliphatic carbocycles. The van der Waals surface area contributed by atoms with Crippen molar-refractivity contribution in [1.82, 2.24) is 8.97 Å². The van der Waals surface area contributed by atoms with Gasteiger partial charge < -0.3 is 9.30 Å². The molecule has 0 radical (unpaired) electrons. The maximum absolute atomic E-state index is 13.9. The number of nitrogens with zero attached hydrogens (tertiary/aromatic N) is 3. The van der Waals surface area contributed by atoms with Crippen molar-refractivity contribution in [2.45, 2.75) is 13.0 Å². The first-order valence-electron chi connectivity index (χ1n) is 8.81. The van der Waals surface area contributed by atoms with Gasteiger partial charge in [0.05, 0.1) is 11.0 Å². The number of carbonyl (C=O) groups is 1. The molecule has 1 aliphatic heterocycles. The Kier molecular flexibility index (Phi) is 3.40. The van der Waals surface area contributed by atoms with Gasteiger partial charge in [-0.15, -0.1) is 0 Å². The molecule has 4 aromatic rings. The molecular formula is C21H16FN3O2. The third kappa shape index (κ3) is 2.37. The van der Waals surface area contributed by atoms with E-state index in [1.54, 1.807) is 33.7 Å². The molecule has 5 nitrogen and oxygen atoms in total. The Morgan fingerprint density at radius 1 is 1.00 bits per heavy atom. The van der Waals surface area contributed by atoms with Gasteiger partial charge in [0.25, 0.3) is 5.56 Å². The first-order valence-corrected chi connectivity index (χ1v) is 8.81. The second kappa shape index (κ2) is 5.81.